The standard InChI is InChI=1S/C13H14FNO4/c1-19-8-6-11(13(17)18)15(7-8)12(16)9-4-2-3-5-10(9)14/h2-5,8,11H,6-7H2,1H3,(H,17,18). The lowest BCUT2D eigenvalue weighted by Crippen LogP contribution is -2.40. The van der Waals surface area contributed by atoms with E-state index >= 15 is 0 Å². The first-order valence-corrected chi connectivity index (χ1v) is 5.85. The van der Waals surface area contributed by atoms with E-state index in [9.17, 15) is 14.0 Å². The van der Waals surface area contributed by atoms with Crippen LogP contribution in [0.25, 0.3) is 0 Å². The Balaban J connectivity index is 2.27. The average Bonchev–Trinajstić information content (AvgIpc) is 2.83. The zero-order chi connectivity index (χ0) is 14.0. The molecule has 0 radical (unpaired) electrons. The number of hydrogen-bond acceptors (Lipinski definition) is 3. The van der Waals surface area contributed by atoms with E-state index in [-0.39, 0.29) is 24.6 Å². The summed E-state index contributed by atoms with van der Waals surface area (Å²) in [6.45, 7) is 0.153. The van der Waals surface area contributed by atoms with Crippen LogP contribution in [0.15, 0.2) is 24.3 Å². The molecule has 1 aliphatic rings. The van der Waals surface area contributed by atoms with Gasteiger partial charge in [0.15, 0.2) is 0 Å². The van der Waals surface area contributed by atoms with Crippen LogP contribution in [0, 0.1) is 5.82 Å². The predicted molar refractivity (Wildman–Crippen MR) is 64.3 cm³/mol. The fraction of sp³-hybridized carbons (Fsp3) is 0.385. The average molecular weight is 267 g/mol. The van der Waals surface area contributed by atoms with Crippen LogP contribution in [0.4, 0.5) is 4.39 Å². The van der Waals surface area contributed by atoms with Gasteiger partial charge in [0, 0.05) is 20.1 Å². The van der Waals surface area contributed by atoms with Crippen LogP contribution in [0.3, 0.4) is 0 Å². The molecule has 1 saturated heterocycles. The first kappa shape index (κ1) is 13.5. The zero-order valence-electron chi connectivity index (χ0n) is 10.4. The molecule has 0 aliphatic carbocycles. The van der Waals surface area contributed by atoms with Gasteiger partial charge in [-0.15, -0.1) is 0 Å². The molecule has 2 atom stereocenters. The molecule has 1 fully saturated rings. The molecule has 6 heteroatoms. The van der Waals surface area contributed by atoms with E-state index in [1.54, 1.807) is 0 Å². The molecular formula is C13H14FNO4. The van der Waals surface area contributed by atoms with Crippen molar-refractivity contribution in [1.82, 2.24) is 4.90 Å². The minimum atomic E-state index is -1.11. The summed E-state index contributed by atoms with van der Waals surface area (Å²) in [5, 5.41) is 9.12. The Morgan fingerprint density at radius 1 is 1.42 bits per heavy atom. The highest BCUT2D eigenvalue weighted by atomic mass is 19.1. The number of halogens is 1. The molecule has 0 bridgehead atoms. The summed E-state index contributed by atoms with van der Waals surface area (Å²) in [5.74, 6) is -2.38. The van der Waals surface area contributed by atoms with Gasteiger partial charge in [-0.2, -0.15) is 0 Å². The van der Waals surface area contributed by atoms with E-state index in [0.717, 1.165) is 4.90 Å². The van der Waals surface area contributed by atoms with E-state index < -0.39 is 23.7 Å². The highest BCUT2D eigenvalue weighted by molar-refractivity contribution is 5.97. The maximum Gasteiger partial charge on any atom is 0.326 e. The van der Waals surface area contributed by atoms with Crippen molar-refractivity contribution in [3.8, 4) is 0 Å². The molecule has 1 aliphatic heterocycles. The van der Waals surface area contributed by atoms with Crippen molar-refractivity contribution in [2.24, 2.45) is 0 Å². The van der Waals surface area contributed by atoms with Crippen molar-refractivity contribution in [2.45, 2.75) is 18.6 Å². The van der Waals surface area contributed by atoms with Crippen molar-refractivity contribution in [2.75, 3.05) is 13.7 Å². The fourth-order valence-corrected chi connectivity index (χ4v) is 2.22. The topological polar surface area (TPSA) is 66.8 Å². The van der Waals surface area contributed by atoms with Crippen LogP contribution in [-0.4, -0.2) is 47.7 Å². The van der Waals surface area contributed by atoms with E-state index in [2.05, 4.69) is 0 Å². The normalized spacial score (nSPS) is 22.5. The second kappa shape index (κ2) is 5.36. The summed E-state index contributed by atoms with van der Waals surface area (Å²) < 4.78 is 18.7. The molecule has 1 amide bonds. The van der Waals surface area contributed by atoms with Gasteiger partial charge in [-0.05, 0) is 12.1 Å². The lowest BCUT2D eigenvalue weighted by molar-refractivity contribution is -0.141. The lowest BCUT2D eigenvalue weighted by Gasteiger charge is -2.21. The number of carboxylic acids is 1. The molecule has 0 spiro atoms. The van der Waals surface area contributed by atoms with Crippen LogP contribution in [0.1, 0.15) is 16.8 Å². The molecule has 0 aromatic heterocycles. The molecule has 1 heterocycles. The Hall–Kier alpha value is -1.95. The second-order valence-corrected chi connectivity index (χ2v) is 4.38. The van der Waals surface area contributed by atoms with Gasteiger partial charge in [-0.3, -0.25) is 4.79 Å². The monoisotopic (exact) mass is 267 g/mol. The van der Waals surface area contributed by atoms with Gasteiger partial charge in [-0.25, -0.2) is 9.18 Å². The van der Waals surface area contributed by atoms with Gasteiger partial charge in [-0.1, -0.05) is 12.1 Å². The Labute approximate surface area is 109 Å². The van der Waals surface area contributed by atoms with E-state index in [1.807, 2.05) is 0 Å². The van der Waals surface area contributed by atoms with Crippen molar-refractivity contribution in [3.05, 3.63) is 35.6 Å². The number of nitrogens with zero attached hydrogens (tertiary/aromatic N) is 1. The number of benzene rings is 1. The van der Waals surface area contributed by atoms with E-state index in [0.29, 0.717) is 0 Å². The number of carboxylic acid groups (broad SMARTS) is 1. The third-order valence-corrected chi connectivity index (χ3v) is 3.25. The first-order chi connectivity index (χ1) is 9.04. The molecular weight excluding hydrogens is 253 g/mol. The smallest absolute Gasteiger partial charge is 0.326 e. The van der Waals surface area contributed by atoms with E-state index in [4.69, 9.17) is 9.84 Å². The summed E-state index contributed by atoms with van der Waals surface area (Å²) in [4.78, 5) is 24.5. The Kier molecular flexibility index (Phi) is 3.80. The van der Waals surface area contributed by atoms with Crippen LogP contribution < -0.4 is 0 Å². The number of methoxy groups -OCH3 is 1. The summed E-state index contributed by atoms with van der Waals surface area (Å²) in [7, 11) is 1.46. The molecule has 102 valence electrons. The SMILES string of the molecule is COC1CC(C(=O)O)N(C(=O)c2ccccc2F)C1. The third kappa shape index (κ3) is 2.58. The van der Waals surface area contributed by atoms with Crippen LogP contribution in [0.5, 0.6) is 0 Å². The van der Waals surface area contributed by atoms with Crippen molar-refractivity contribution in [1.29, 1.82) is 0 Å². The number of rotatable bonds is 3. The fourth-order valence-electron chi connectivity index (χ4n) is 2.22. The number of ether oxygens (including phenoxy) is 1. The second-order valence-electron chi connectivity index (χ2n) is 4.38. The molecule has 2 unspecified atom stereocenters. The lowest BCUT2D eigenvalue weighted by atomic mass is 10.1. The van der Waals surface area contributed by atoms with E-state index in [1.165, 1.54) is 31.4 Å². The number of hydrogen-bond donors (Lipinski definition) is 1. The minimum Gasteiger partial charge on any atom is -0.480 e. The van der Waals surface area contributed by atoms with Gasteiger partial charge in [0.25, 0.3) is 5.91 Å². The zero-order valence-corrected chi connectivity index (χ0v) is 10.4. The van der Waals surface area contributed by atoms with Gasteiger partial charge in [0.1, 0.15) is 11.9 Å². The van der Waals surface area contributed by atoms with Crippen LogP contribution >= 0.6 is 0 Å². The number of carbonyl (C=O) groups excluding carboxylic acids is 1. The summed E-state index contributed by atoms with van der Waals surface area (Å²) in [5.41, 5.74) is -0.120. The molecule has 5 nitrogen and oxygen atoms in total. The Morgan fingerprint density at radius 2 is 2.11 bits per heavy atom. The molecule has 0 saturated carbocycles. The van der Waals surface area contributed by atoms with Crippen molar-refractivity contribution < 1.29 is 23.8 Å². The quantitative estimate of drug-likeness (QED) is 0.891. The molecule has 1 aromatic rings. The molecule has 2 rings (SSSR count). The maximum absolute atomic E-state index is 13.6. The van der Waals surface area contributed by atoms with Crippen LogP contribution in [0.2, 0.25) is 0 Å². The highest BCUT2D eigenvalue weighted by Gasteiger charge is 2.40. The van der Waals surface area contributed by atoms with Crippen molar-refractivity contribution in [3.63, 3.8) is 0 Å². The van der Waals surface area contributed by atoms with Gasteiger partial charge in [0.2, 0.25) is 0 Å². The molecule has 1 aromatic carbocycles. The molecule has 19 heavy (non-hydrogen) atoms. The largest absolute Gasteiger partial charge is 0.480 e. The highest BCUT2D eigenvalue weighted by Crippen LogP contribution is 2.23. The van der Waals surface area contributed by atoms with Gasteiger partial charge >= 0.3 is 5.97 Å². The maximum atomic E-state index is 13.6. The summed E-state index contributed by atoms with van der Waals surface area (Å²) in [6, 6.07) is 4.56. The number of carbonyl (C=O) groups is 2. The number of amides is 1. The van der Waals surface area contributed by atoms with Crippen molar-refractivity contribution >= 4 is 11.9 Å². The Morgan fingerprint density at radius 3 is 2.68 bits per heavy atom. The van der Waals surface area contributed by atoms with Gasteiger partial charge < -0.3 is 14.7 Å². The molecule has 1 N–H and O–H groups in total. The number of likely N-dealkylation sites (tertiary alicyclic amines) is 1. The number of aliphatic carboxylic acids is 1. The summed E-state index contributed by atoms with van der Waals surface area (Å²) in [6.07, 6.45) is -0.122. The van der Waals surface area contributed by atoms with Gasteiger partial charge in [0.05, 0.1) is 11.7 Å². The summed E-state index contributed by atoms with van der Waals surface area (Å²) >= 11 is 0. The Bertz CT molecular complexity index is 505. The first-order valence-electron chi connectivity index (χ1n) is 5.85. The minimum absolute atomic E-state index is 0.120. The third-order valence-electron chi connectivity index (χ3n) is 3.25. The predicted octanol–water partition coefficient (Wildman–Crippen LogP) is 1.14. The van der Waals surface area contributed by atoms with Crippen LogP contribution in [-0.2, 0) is 9.53 Å².